The van der Waals surface area contributed by atoms with Crippen LogP contribution in [0.5, 0.6) is 0 Å². The number of benzene rings is 1. The van der Waals surface area contributed by atoms with Crippen molar-refractivity contribution in [2.45, 2.75) is 19.3 Å². The Labute approximate surface area is 142 Å². The van der Waals surface area contributed by atoms with Crippen LogP contribution in [0, 0.1) is 10.1 Å². The number of aliphatic hydroxyl groups excluding tert-OH is 1. The molecule has 130 valence electrons. The molecule has 2 heterocycles. The number of aliphatic hydroxyl groups is 1. The molecule has 9 nitrogen and oxygen atoms in total. The van der Waals surface area contributed by atoms with Crippen molar-refractivity contribution >= 4 is 5.69 Å². The summed E-state index contributed by atoms with van der Waals surface area (Å²) in [4.78, 5) is 14.5. The number of aromatic nitrogens is 3. The van der Waals surface area contributed by atoms with Gasteiger partial charge in [0.15, 0.2) is 5.82 Å². The van der Waals surface area contributed by atoms with E-state index < -0.39 is 11.0 Å². The summed E-state index contributed by atoms with van der Waals surface area (Å²) in [5.41, 5.74) is 0.511. The largest absolute Gasteiger partial charge is 0.467 e. The molecule has 1 aromatic carbocycles. The second kappa shape index (κ2) is 7.69. The van der Waals surface area contributed by atoms with E-state index in [0.717, 1.165) is 0 Å². The van der Waals surface area contributed by atoms with Crippen LogP contribution in [-0.2, 0) is 17.9 Å². The quantitative estimate of drug-likeness (QED) is 0.491. The summed E-state index contributed by atoms with van der Waals surface area (Å²) in [6, 6.07) is 9.62. The molecule has 0 saturated heterocycles. The van der Waals surface area contributed by atoms with E-state index in [0.29, 0.717) is 17.1 Å². The van der Waals surface area contributed by atoms with Gasteiger partial charge in [0.05, 0.1) is 30.4 Å². The van der Waals surface area contributed by atoms with Crippen molar-refractivity contribution in [2.75, 3.05) is 6.61 Å². The van der Waals surface area contributed by atoms with Crippen LogP contribution in [0.2, 0.25) is 0 Å². The summed E-state index contributed by atoms with van der Waals surface area (Å²) >= 11 is 0. The molecule has 3 rings (SSSR count). The molecule has 2 aromatic heterocycles. The van der Waals surface area contributed by atoms with E-state index in [1.807, 2.05) is 0 Å². The molecule has 1 N–H and O–H groups in total. The molecule has 1 unspecified atom stereocenters. The topological polar surface area (TPSA) is 116 Å². The van der Waals surface area contributed by atoms with Crippen molar-refractivity contribution in [3.8, 4) is 11.4 Å². The van der Waals surface area contributed by atoms with E-state index in [1.54, 1.807) is 30.5 Å². The highest BCUT2D eigenvalue weighted by molar-refractivity contribution is 5.58. The van der Waals surface area contributed by atoms with Gasteiger partial charge in [0.2, 0.25) is 0 Å². The van der Waals surface area contributed by atoms with Crippen LogP contribution in [0.25, 0.3) is 11.4 Å². The fraction of sp³-hybridized carbons (Fsp3) is 0.250. The third-order valence-corrected chi connectivity index (χ3v) is 3.38. The fourth-order valence-corrected chi connectivity index (χ4v) is 2.23. The molecule has 0 spiro atoms. The zero-order chi connectivity index (χ0) is 17.6. The summed E-state index contributed by atoms with van der Waals surface area (Å²) in [7, 11) is 0. The molecule has 3 aromatic rings. The van der Waals surface area contributed by atoms with Gasteiger partial charge in [-0.05, 0) is 12.1 Å². The smallest absolute Gasteiger partial charge is 0.270 e. The average Bonchev–Trinajstić information content (AvgIpc) is 3.27. The predicted octanol–water partition coefficient (Wildman–Crippen LogP) is 2.02. The maximum atomic E-state index is 10.8. The van der Waals surface area contributed by atoms with Crippen LogP contribution in [0.15, 0.2) is 53.4 Å². The van der Waals surface area contributed by atoms with Crippen LogP contribution < -0.4 is 0 Å². The SMILES string of the molecule is O=[N+]([O-])c1cccc(-c2ncn(CC(O)COCc3ccco3)n2)c1. The lowest BCUT2D eigenvalue weighted by molar-refractivity contribution is -0.384. The molecule has 1 atom stereocenters. The van der Waals surface area contributed by atoms with E-state index >= 15 is 0 Å². The Morgan fingerprint density at radius 1 is 1.36 bits per heavy atom. The molecule has 0 radical (unpaired) electrons. The van der Waals surface area contributed by atoms with Crippen LogP contribution in [0.1, 0.15) is 5.76 Å². The number of nitro groups is 1. The Balaban J connectivity index is 1.56. The molecule has 0 saturated carbocycles. The molecule has 0 bridgehead atoms. The molecule has 25 heavy (non-hydrogen) atoms. The molecular weight excluding hydrogens is 328 g/mol. The van der Waals surface area contributed by atoms with Gasteiger partial charge in [-0.2, -0.15) is 5.10 Å². The second-order valence-electron chi connectivity index (χ2n) is 5.35. The minimum Gasteiger partial charge on any atom is -0.467 e. The highest BCUT2D eigenvalue weighted by Crippen LogP contribution is 2.20. The van der Waals surface area contributed by atoms with Crippen molar-refractivity contribution in [3.05, 3.63) is 64.9 Å². The molecule has 0 fully saturated rings. The zero-order valence-corrected chi connectivity index (χ0v) is 13.2. The van der Waals surface area contributed by atoms with Gasteiger partial charge in [0.25, 0.3) is 5.69 Å². The van der Waals surface area contributed by atoms with Gasteiger partial charge in [-0.25, -0.2) is 9.67 Å². The molecule has 0 aliphatic heterocycles. The van der Waals surface area contributed by atoms with Crippen molar-refractivity contribution in [2.24, 2.45) is 0 Å². The summed E-state index contributed by atoms with van der Waals surface area (Å²) in [5.74, 6) is 1.04. The van der Waals surface area contributed by atoms with Crippen LogP contribution in [-0.4, -0.2) is 37.5 Å². The van der Waals surface area contributed by atoms with Crippen molar-refractivity contribution < 1.29 is 19.2 Å². The molecule has 0 aliphatic carbocycles. The van der Waals surface area contributed by atoms with Gasteiger partial charge in [-0.1, -0.05) is 12.1 Å². The minimum atomic E-state index is -0.769. The Kier molecular flexibility index (Phi) is 5.17. The molecule has 0 amide bonds. The van der Waals surface area contributed by atoms with Crippen LogP contribution >= 0.6 is 0 Å². The van der Waals surface area contributed by atoms with Crippen LogP contribution in [0.3, 0.4) is 0 Å². The summed E-state index contributed by atoms with van der Waals surface area (Å²) in [6.45, 7) is 0.590. The molecular formula is C16H16N4O5. The van der Waals surface area contributed by atoms with E-state index in [2.05, 4.69) is 10.1 Å². The lowest BCUT2D eigenvalue weighted by Crippen LogP contribution is -2.22. The number of ether oxygens (including phenoxy) is 1. The average molecular weight is 344 g/mol. The Hall–Kier alpha value is -3.04. The van der Waals surface area contributed by atoms with Crippen molar-refractivity contribution in [1.29, 1.82) is 0 Å². The first kappa shape index (κ1) is 16.8. The highest BCUT2D eigenvalue weighted by Gasteiger charge is 2.12. The normalized spacial score (nSPS) is 12.2. The number of rotatable bonds is 8. The van der Waals surface area contributed by atoms with Gasteiger partial charge >= 0.3 is 0 Å². The van der Waals surface area contributed by atoms with E-state index in [1.165, 1.54) is 23.1 Å². The standard InChI is InChI=1S/C16H16N4O5/c21-14(9-24-10-15-5-2-6-25-15)8-19-11-17-16(18-19)12-3-1-4-13(7-12)20(22)23/h1-7,11,14,21H,8-10H2. The predicted molar refractivity (Wildman–Crippen MR) is 86.5 cm³/mol. The number of hydrogen-bond donors (Lipinski definition) is 1. The number of non-ortho nitro benzene ring substituents is 1. The summed E-state index contributed by atoms with van der Waals surface area (Å²) in [5, 5.41) is 25.0. The number of hydrogen-bond acceptors (Lipinski definition) is 7. The number of nitro benzene ring substituents is 1. The fourth-order valence-electron chi connectivity index (χ4n) is 2.23. The summed E-state index contributed by atoms with van der Waals surface area (Å²) in [6.07, 6.45) is 2.25. The first-order valence-electron chi connectivity index (χ1n) is 7.54. The number of furan rings is 1. The Bertz CT molecular complexity index is 831. The monoisotopic (exact) mass is 344 g/mol. The Morgan fingerprint density at radius 2 is 2.24 bits per heavy atom. The lowest BCUT2D eigenvalue weighted by Gasteiger charge is -2.10. The second-order valence-corrected chi connectivity index (χ2v) is 5.35. The van der Waals surface area contributed by atoms with E-state index in [9.17, 15) is 15.2 Å². The maximum absolute atomic E-state index is 10.8. The van der Waals surface area contributed by atoms with E-state index in [4.69, 9.17) is 9.15 Å². The van der Waals surface area contributed by atoms with E-state index in [-0.39, 0.29) is 25.4 Å². The van der Waals surface area contributed by atoms with Gasteiger partial charge in [-0.15, -0.1) is 0 Å². The van der Waals surface area contributed by atoms with Gasteiger partial charge in [0, 0.05) is 17.7 Å². The Morgan fingerprint density at radius 3 is 3.00 bits per heavy atom. The zero-order valence-electron chi connectivity index (χ0n) is 13.2. The molecule has 0 aliphatic rings. The third kappa shape index (κ3) is 4.49. The van der Waals surface area contributed by atoms with Gasteiger partial charge < -0.3 is 14.3 Å². The summed E-state index contributed by atoms with van der Waals surface area (Å²) < 4.78 is 12.0. The first-order chi connectivity index (χ1) is 12.1. The van der Waals surface area contributed by atoms with Crippen molar-refractivity contribution in [3.63, 3.8) is 0 Å². The third-order valence-electron chi connectivity index (χ3n) is 3.38. The maximum Gasteiger partial charge on any atom is 0.270 e. The molecule has 9 heteroatoms. The van der Waals surface area contributed by atoms with Gasteiger partial charge in [0.1, 0.15) is 18.7 Å². The first-order valence-corrected chi connectivity index (χ1v) is 7.54. The number of nitrogens with zero attached hydrogens (tertiary/aromatic N) is 4. The highest BCUT2D eigenvalue weighted by atomic mass is 16.6. The van der Waals surface area contributed by atoms with Crippen molar-refractivity contribution in [1.82, 2.24) is 14.8 Å². The van der Waals surface area contributed by atoms with Gasteiger partial charge in [-0.3, -0.25) is 10.1 Å². The lowest BCUT2D eigenvalue weighted by atomic mass is 10.2. The van der Waals surface area contributed by atoms with Crippen LogP contribution in [0.4, 0.5) is 5.69 Å². The minimum absolute atomic E-state index is 0.0276.